The topological polar surface area (TPSA) is 24.5 Å². The predicted molar refractivity (Wildman–Crippen MR) is 77.6 cm³/mol. The second-order valence-electron chi connectivity index (χ2n) is 4.35. The molecule has 0 spiro atoms. The van der Waals surface area contributed by atoms with Crippen molar-refractivity contribution in [2.24, 2.45) is 0 Å². The summed E-state index contributed by atoms with van der Waals surface area (Å²) in [6, 6.07) is 4.92. The summed E-state index contributed by atoms with van der Waals surface area (Å²) in [4.78, 5) is 2.23. The van der Waals surface area contributed by atoms with Crippen LogP contribution in [0.3, 0.4) is 0 Å². The van der Waals surface area contributed by atoms with Crippen LogP contribution in [0.2, 0.25) is 0 Å². The Kier molecular flexibility index (Phi) is 6.28. The molecule has 2 rings (SSSR count). The van der Waals surface area contributed by atoms with E-state index >= 15 is 0 Å². The van der Waals surface area contributed by atoms with Crippen LogP contribution in [0.15, 0.2) is 30.9 Å². The average Bonchev–Trinajstić information content (AvgIpc) is 2.42. The zero-order chi connectivity index (χ0) is 13.0. The van der Waals surface area contributed by atoms with E-state index in [0.29, 0.717) is 11.3 Å². The molecule has 0 aliphatic carbocycles. The van der Waals surface area contributed by atoms with Gasteiger partial charge in [0.05, 0.1) is 13.2 Å². The summed E-state index contributed by atoms with van der Waals surface area (Å²) in [5.41, 5.74) is 0.660. The Labute approximate surface area is 119 Å². The molecule has 1 aromatic rings. The van der Waals surface area contributed by atoms with Crippen LogP contribution in [0.1, 0.15) is 11.6 Å². The van der Waals surface area contributed by atoms with Gasteiger partial charge >= 0.3 is 0 Å². The smallest absolute Gasteiger partial charge is 0.131 e. The maximum atomic E-state index is 14.1. The summed E-state index contributed by atoms with van der Waals surface area (Å²) in [5, 5.41) is 3.29. The highest BCUT2D eigenvalue weighted by Crippen LogP contribution is 2.27. The molecule has 106 valence electrons. The Hall–Kier alpha value is -1.10. The van der Waals surface area contributed by atoms with Crippen molar-refractivity contribution in [2.45, 2.75) is 6.04 Å². The number of rotatable bonds is 4. The highest BCUT2D eigenvalue weighted by Gasteiger charge is 2.22. The van der Waals surface area contributed by atoms with Crippen molar-refractivity contribution >= 4 is 12.4 Å². The number of methoxy groups -OCH3 is 1. The molecule has 1 aliphatic heterocycles. The Morgan fingerprint density at radius 2 is 2.11 bits per heavy atom. The van der Waals surface area contributed by atoms with Gasteiger partial charge in [-0.1, -0.05) is 12.1 Å². The minimum atomic E-state index is -0.238. The van der Waals surface area contributed by atoms with Crippen LogP contribution in [0.5, 0.6) is 5.75 Å². The molecular weight excluding hydrogens is 267 g/mol. The molecule has 1 aromatic carbocycles. The van der Waals surface area contributed by atoms with Crippen molar-refractivity contribution in [1.29, 1.82) is 0 Å². The van der Waals surface area contributed by atoms with Crippen LogP contribution in [0.4, 0.5) is 4.39 Å². The fraction of sp³-hybridized carbons (Fsp3) is 0.429. The lowest BCUT2D eigenvalue weighted by Gasteiger charge is -2.33. The maximum absolute atomic E-state index is 14.1. The Morgan fingerprint density at radius 1 is 1.42 bits per heavy atom. The Balaban J connectivity index is 0.00000180. The van der Waals surface area contributed by atoms with Gasteiger partial charge in [-0.25, -0.2) is 4.39 Å². The summed E-state index contributed by atoms with van der Waals surface area (Å²) >= 11 is 0. The van der Waals surface area contributed by atoms with Gasteiger partial charge < -0.3 is 10.1 Å². The summed E-state index contributed by atoms with van der Waals surface area (Å²) < 4.78 is 19.1. The normalized spacial score (nSPS) is 17.4. The van der Waals surface area contributed by atoms with Crippen LogP contribution in [0, 0.1) is 5.82 Å². The van der Waals surface area contributed by atoms with Crippen LogP contribution in [-0.4, -0.2) is 38.2 Å². The van der Waals surface area contributed by atoms with Gasteiger partial charge in [-0.15, -0.1) is 19.0 Å². The predicted octanol–water partition coefficient (Wildman–Crippen LogP) is 2.39. The highest BCUT2D eigenvalue weighted by atomic mass is 35.5. The van der Waals surface area contributed by atoms with E-state index in [9.17, 15) is 4.39 Å². The van der Waals surface area contributed by atoms with Gasteiger partial charge in [-0.2, -0.15) is 0 Å². The molecule has 0 radical (unpaired) electrons. The zero-order valence-electron chi connectivity index (χ0n) is 11.1. The number of benzene rings is 1. The molecule has 0 saturated carbocycles. The molecule has 0 bridgehead atoms. The molecule has 5 heteroatoms. The van der Waals surface area contributed by atoms with Gasteiger partial charge in [0.2, 0.25) is 0 Å². The summed E-state index contributed by atoms with van der Waals surface area (Å²) in [7, 11) is 1.54. The van der Waals surface area contributed by atoms with Crippen LogP contribution < -0.4 is 10.1 Å². The van der Waals surface area contributed by atoms with Gasteiger partial charge in [-0.05, 0) is 6.07 Å². The number of ether oxygens (including phenoxy) is 1. The van der Waals surface area contributed by atoms with Crippen molar-refractivity contribution in [2.75, 3.05) is 33.3 Å². The standard InChI is InChI=1S/C14H19FN2O.ClH/c1-3-14(17-8-6-16-7-9-17)12-5-4-11(18-2)10-13(12)15;/h3-5,10,14,16H,1,6-9H2,2H3;1H/t14-;/m1./s1. The molecule has 19 heavy (non-hydrogen) atoms. The first-order chi connectivity index (χ1) is 8.76. The quantitative estimate of drug-likeness (QED) is 0.860. The largest absolute Gasteiger partial charge is 0.497 e. The fourth-order valence-electron chi connectivity index (χ4n) is 2.31. The van der Waals surface area contributed by atoms with E-state index in [-0.39, 0.29) is 24.3 Å². The van der Waals surface area contributed by atoms with Crippen molar-refractivity contribution < 1.29 is 9.13 Å². The number of hydrogen-bond donors (Lipinski definition) is 1. The van der Waals surface area contributed by atoms with Gasteiger partial charge in [-0.3, -0.25) is 4.90 Å². The van der Waals surface area contributed by atoms with E-state index in [0.717, 1.165) is 26.2 Å². The van der Waals surface area contributed by atoms with Crippen molar-refractivity contribution in [3.63, 3.8) is 0 Å². The summed E-state index contributed by atoms with van der Waals surface area (Å²) in [6.45, 7) is 7.51. The average molecular weight is 287 g/mol. The minimum Gasteiger partial charge on any atom is -0.497 e. The number of halogens is 2. The molecule has 1 heterocycles. The van der Waals surface area contributed by atoms with E-state index in [2.05, 4.69) is 16.8 Å². The maximum Gasteiger partial charge on any atom is 0.131 e. The van der Waals surface area contributed by atoms with E-state index in [1.54, 1.807) is 18.2 Å². The Bertz CT molecular complexity index is 422. The molecule has 3 nitrogen and oxygen atoms in total. The molecule has 0 aromatic heterocycles. The molecular formula is C14H20ClFN2O. The third-order valence-corrected chi connectivity index (χ3v) is 3.29. The van der Waals surface area contributed by atoms with Crippen molar-refractivity contribution in [1.82, 2.24) is 10.2 Å². The Morgan fingerprint density at radius 3 is 2.63 bits per heavy atom. The molecule has 1 aliphatic rings. The van der Waals surface area contributed by atoms with E-state index < -0.39 is 0 Å². The lowest BCUT2D eigenvalue weighted by molar-refractivity contribution is 0.200. The zero-order valence-corrected chi connectivity index (χ0v) is 11.9. The minimum absolute atomic E-state index is 0. The van der Waals surface area contributed by atoms with Crippen LogP contribution in [-0.2, 0) is 0 Å². The second-order valence-corrected chi connectivity index (χ2v) is 4.35. The van der Waals surface area contributed by atoms with E-state index in [1.165, 1.54) is 13.2 Å². The summed E-state index contributed by atoms with van der Waals surface area (Å²) in [6.07, 6.45) is 1.80. The fourth-order valence-corrected chi connectivity index (χ4v) is 2.31. The van der Waals surface area contributed by atoms with E-state index in [4.69, 9.17) is 4.74 Å². The highest BCUT2D eigenvalue weighted by molar-refractivity contribution is 5.85. The first kappa shape index (κ1) is 16.0. The molecule has 1 atom stereocenters. The van der Waals surface area contributed by atoms with Crippen LogP contribution in [0.25, 0.3) is 0 Å². The molecule has 0 unspecified atom stereocenters. The molecule has 1 saturated heterocycles. The van der Waals surface area contributed by atoms with Gasteiger partial charge in [0.1, 0.15) is 11.6 Å². The van der Waals surface area contributed by atoms with Gasteiger partial charge in [0.15, 0.2) is 0 Å². The number of hydrogen-bond acceptors (Lipinski definition) is 3. The molecule has 0 amide bonds. The monoisotopic (exact) mass is 286 g/mol. The van der Waals surface area contributed by atoms with Gasteiger partial charge in [0, 0.05) is 37.8 Å². The molecule has 1 fully saturated rings. The summed E-state index contributed by atoms with van der Waals surface area (Å²) in [5.74, 6) is 0.303. The third kappa shape index (κ3) is 3.69. The van der Waals surface area contributed by atoms with Crippen LogP contribution >= 0.6 is 12.4 Å². The third-order valence-electron chi connectivity index (χ3n) is 3.29. The first-order valence-corrected chi connectivity index (χ1v) is 6.17. The first-order valence-electron chi connectivity index (χ1n) is 6.17. The number of nitrogens with one attached hydrogen (secondary N) is 1. The number of nitrogens with zero attached hydrogens (tertiary/aromatic N) is 1. The lowest BCUT2D eigenvalue weighted by Crippen LogP contribution is -2.44. The second kappa shape index (κ2) is 7.48. The SMILES string of the molecule is C=C[C@H](c1ccc(OC)cc1F)N1CCNCC1.Cl. The lowest BCUT2D eigenvalue weighted by atomic mass is 10.0. The number of piperazine rings is 1. The molecule has 1 N–H and O–H groups in total. The van der Waals surface area contributed by atoms with Crippen molar-refractivity contribution in [3.05, 3.63) is 42.2 Å². The van der Waals surface area contributed by atoms with Crippen molar-refractivity contribution in [3.8, 4) is 5.75 Å². The van der Waals surface area contributed by atoms with Gasteiger partial charge in [0.25, 0.3) is 0 Å². The van der Waals surface area contributed by atoms with E-state index in [1.807, 2.05) is 0 Å².